The van der Waals surface area contributed by atoms with Gasteiger partial charge in [-0.3, -0.25) is 5.01 Å². The molecule has 1 heterocycles. The third-order valence-corrected chi connectivity index (χ3v) is 5.10. The molecule has 1 aliphatic heterocycles. The molecule has 2 aliphatic rings. The number of fused-ring (bicyclic) bond motifs is 4. The normalized spacial score (nSPS) is 18.8. The van der Waals surface area contributed by atoms with Gasteiger partial charge in [0.15, 0.2) is 0 Å². The third kappa shape index (κ3) is 2.81. The number of hydrazine groups is 2. The van der Waals surface area contributed by atoms with Crippen molar-refractivity contribution in [1.29, 1.82) is 0 Å². The zero-order valence-electron chi connectivity index (χ0n) is 14.9. The van der Waals surface area contributed by atoms with Crippen molar-refractivity contribution in [1.82, 2.24) is 16.0 Å². The number of unbranched alkanes of at least 4 members (excludes halogenated alkanes) is 1. The summed E-state index contributed by atoms with van der Waals surface area (Å²) in [5, 5.41) is 2.25. The molecule has 1 atom stereocenters. The summed E-state index contributed by atoms with van der Waals surface area (Å²) in [6, 6.07) is 17.2. The average Bonchev–Trinajstić information content (AvgIpc) is 3.06. The number of hydrogen-bond donors (Lipinski definition) is 2. The van der Waals surface area contributed by atoms with Crippen LogP contribution in [0.25, 0.3) is 11.4 Å². The van der Waals surface area contributed by atoms with Gasteiger partial charge in [0, 0.05) is 31.2 Å². The molecule has 0 saturated carbocycles. The van der Waals surface area contributed by atoms with Crippen LogP contribution in [0.15, 0.2) is 48.5 Å². The molecule has 0 amide bonds. The van der Waals surface area contributed by atoms with Gasteiger partial charge in [-0.2, -0.15) is 0 Å². The molecule has 0 saturated heterocycles. The molecule has 0 radical (unpaired) electrons. The second-order valence-electron chi connectivity index (χ2n) is 6.64. The Morgan fingerprint density at radius 3 is 2.64 bits per heavy atom. The fourth-order valence-corrected chi connectivity index (χ4v) is 3.79. The van der Waals surface area contributed by atoms with Crippen molar-refractivity contribution in [2.75, 3.05) is 13.7 Å². The lowest BCUT2D eigenvalue weighted by Crippen LogP contribution is -2.38. The van der Waals surface area contributed by atoms with Gasteiger partial charge in [0.1, 0.15) is 0 Å². The summed E-state index contributed by atoms with van der Waals surface area (Å²) in [7, 11) is 1.80. The van der Waals surface area contributed by atoms with E-state index in [9.17, 15) is 0 Å². The first kappa shape index (κ1) is 16.2. The molecule has 25 heavy (non-hydrogen) atoms. The molecule has 1 unspecified atom stereocenters. The minimum atomic E-state index is 0.0536. The van der Waals surface area contributed by atoms with E-state index >= 15 is 0 Å². The SMILES string of the molecule is CCCCN1NNC2=C1c1ccccc1CC(OC)c1ccccc12. The van der Waals surface area contributed by atoms with Gasteiger partial charge in [-0.1, -0.05) is 61.9 Å². The summed E-state index contributed by atoms with van der Waals surface area (Å²) in [5.74, 6) is 0. The Kier molecular flexibility index (Phi) is 4.47. The fraction of sp³-hybridized carbons (Fsp3) is 0.333. The van der Waals surface area contributed by atoms with E-state index in [1.807, 2.05) is 0 Å². The monoisotopic (exact) mass is 335 g/mol. The summed E-state index contributed by atoms with van der Waals surface area (Å²) in [4.78, 5) is 0. The Bertz CT molecular complexity index is 799. The van der Waals surface area contributed by atoms with Crippen LogP contribution in [0.4, 0.5) is 0 Å². The second-order valence-corrected chi connectivity index (χ2v) is 6.64. The van der Waals surface area contributed by atoms with Crippen LogP contribution < -0.4 is 11.0 Å². The van der Waals surface area contributed by atoms with Gasteiger partial charge in [-0.05, 0) is 17.5 Å². The Hall–Kier alpha value is -2.30. The minimum Gasteiger partial charge on any atom is -0.376 e. The number of benzene rings is 2. The first-order valence-electron chi connectivity index (χ1n) is 9.07. The molecule has 0 bridgehead atoms. The number of ether oxygens (including phenoxy) is 1. The largest absolute Gasteiger partial charge is 0.376 e. The summed E-state index contributed by atoms with van der Waals surface area (Å²) in [6.45, 7) is 3.20. The number of nitrogens with one attached hydrogen (secondary N) is 2. The molecule has 4 nitrogen and oxygen atoms in total. The number of rotatable bonds is 4. The van der Waals surface area contributed by atoms with Crippen molar-refractivity contribution in [3.63, 3.8) is 0 Å². The minimum absolute atomic E-state index is 0.0536. The van der Waals surface area contributed by atoms with E-state index in [1.165, 1.54) is 34.4 Å². The topological polar surface area (TPSA) is 36.5 Å². The maximum atomic E-state index is 5.87. The van der Waals surface area contributed by atoms with Crippen LogP contribution in [-0.2, 0) is 11.2 Å². The zero-order chi connectivity index (χ0) is 17.2. The predicted molar refractivity (Wildman–Crippen MR) is 101 cm³/mol. The Labute approximate surface area is 149 Å². The quantitative estimate of drug-likeness (QED) is 0.889. The molecule has 0 fully saturated rings. The van der Waals surface area contributed by atoms with Crippen molar-refractivity contribution in [3.8, 4) is 0 Å². The summed E-state index contributed by atoms with van der Waals surface area (Å²) < 4.78 is 5.87. The van der Waals surface area contributed by atoms with E-state index in [2.05, 4.69) is 71.4 Å². The van der Waals surface area contributed by atoms with Crippen molar-refractivity contribution < 1.29 is 4.74 Å². The fourth-order valence-electron chi connectivity index (χ4n) is 3.79. The van der Waals surface area contributed by atoms with E-state index in [0.29, 0.717) is 0 Å². The molecule has 2 N–H and O–H groups in total. The Balaban J connectivity index is 1.93. The predicted octanol–water partition coefficient (Wildman–Crippen LogP) is 3.88. The highest BCUT2D eigenvalue weighted by Crippen LogP contribution is 2.39. The van der Waals surface area contributed by atoms with Gasteiger partial charge in [-0.25, -0.2) is 0 Å². The summed E-state index contributed by atoms with van der Waals surface area (Å²) in [6.07, 6.45) is 3.25. The van der Waals surface area contributed by atoms with Gasteiger partial charge in [0.05, 0.1) is 17.5 Å². The van der Waals surface area contributed by atoms with Crippen molar-refractivity contribution in [2.24, 2.45) is 0 Å². The lowest BCUT2D eigenvalue weighted by atomic mass is 9.88. The lowest BCUT2D eigenvalue weighted by molar-refractivity contribution is 0.103. The number of nitrogens with zero attached hydrogens (tertiary/aromatic N) is 1. The summed E-state index contributed by atoms with van der Waals surface area (Å²) in [5.41, 5.74) is 14.2. The molecule has 2 aromatic rings. The molecule has 4 heteroatoms. The maximum Gasteiger partial charge on any atom is 0.0868 e. The van der Waals surface area contributed by atoms with Crippen LogP contribution >= 0.6 is 0 Å². The van der Waals surface area contributed by atoms with Gasteiger partial charge in [-0.15, -0.1) is 5.53 Å². The number of methoxy groups -OCH3 is 1. The molecule has 2 aromatic carbocycles. The smallest absolute Gasteiger partial charge is 0.0868 e. The van der Waals surface area contributed by atoms with E-state index in [1.54, 1.807) is 7.11 Å². The van der Waals surface area contributed by atoms with Crippen LogP contribution in [0.1, 0.15) is 48.1 Å². The van der Waals surface area contributed by atoms with Crippen LogP contribution in [-0.4, -0.2) is 18.7 Å². The van der Waals surface area contributed by atoms with Gasteiger partial charge >= 0.3 is 0 Å². The van der Waals surface area contributed by atoms with Crippen molar-refractivity contribution >= 4 is 11.4 Å². The lowest BCUT2D eigenvalue weighted by Gasteiger charge is -2.27. The Morgan fingerprint density at radius 1 is 1.08 bits per heavy atom. The van der Waals surface area contributed by atoms with E-state index < -0.39 is 0 Å². The van der Waals surface area contributed by atoms with Gasteiger partial charge < -0.3 is 10.2 Å². The van der Waals surface area contributed by atoms with Crippen molar-refractivity contribution in [3.05, 3.63) is 70.8 Å². The highest BCUT2D eigenvalue weighted by Gasteiger charge is 2.31. The Morgan fingerprint density at radius 2 is 1.84 bits per heavy atom. The van der Waals surface area contributed by atoms with E-state index in [0.717, 1.165) is 25.1 Å². The number of hydrogen-bond acceptors (Lipinski definition) is 4. The van der Waals surface area contributed by atoms with Crippen LogP contribution in [0, 0.1) is 0 Å². The highest BCUT2D eigenvalue weighted by atomic mass is 16.5. The average molecular weight is 335 g/mol. The molecule has 130 valence electrons. The second kappa shape index (κ2) is 6.90. The molecule has 4 rings (SSSR count). The molecule has 0 spiro atoms. The molecular formula is C21H25N3O. The van der Waals surface area contributed by atoms with Crippen LogP contribution in [0.3, 0.4) is 0 Å². The van der Waals surface area contributed by atoms with Crippen LogP contribution in [0.5, 0.6) is 0 Å². The van der Waals surface area contributed by atoms with Gasteiger partial charge in [0.2, 0.25) is 0 Å². The van der Waals surface area contributed by atoms with E-state index in [4.69, 9.17) is 4.74 Å². The molecular weight excluding hydrogens is 310 g/mol. The first-order chi connectivity index (χ1) is 12.3. The van der Waals surface area contributed by atoms with E-state index in [-0.39, 0.29) is 6.10 Å². The highest BCUT2D eigenvalue weighted by molar-refractivity contribution is 5.92. The summed E-state index contributed by atoms with van der Waals surface area (Å²) >= 11 is 0. The molecule has 1 aliphatic carbocycles. The van der Waals surface area contributed by atoms with Crippen molar-refractivity contribution in [2.45, 2.75) is 32.3 Å². The molecule has 0 aromatic heterocycles. The van der Waals surface area contributed by atoms with Crippen LogP contribution in [0.2, 0.25) is 0 Å². The van der Waals surface area contributed by atoms with Gasteiger partial charge in [0.25, 0.3) is 0 Å². The third-order valence-electron chi connectivity index (χ3n) is 5.10. The maximum absolute atomic E-state index is 5.87. The first-order valence-corrected chi connectivity index (χ1v) is 9.07. The zero-order valence-corrected chi connectivity index (χ0v) is 14.9. The standard InChI is InChI=1S/C21H25N3O/c1-3-4-13-24-21-16-10-6-5-9-15(16)14-19(25-2)17-11-7-8-12-18(17)20(21)22-23-24/h5-12,19,22-23H,3-4,13-14H2,1-2H3.